The Labute approximate surface area is 276 Å². The third-order valence-electron chi connectivity index (χ3n) is 11.3. The van der Waals surface area contributed by atoms with Crippen molar-refractivity contribution in [2.24, 2.45) is 22.7 Å². The summed E-state index contributed by atoms with van der Waals surface area (Å²) in [5.74, 6) is -2.61. The second-order valence-electron chi connectivity index (χ2n) is 15.4. The first-order valence-electron chi connectivity index (χ1n) is 16.5. The third-order valence-corrected chi connectivity index (χ3v) is 11.3. The summed E-state index contributed by atoms with van der Waals surface area (Å²) in [6, 6.07) is 7.87. The van der Waals surface area contributed by atoms with Crippen molar-refractivity contribution in [3.05, 3.63) is 59.0 Å². The van der Waals surface area contributed by atoms with Gasteiger partial charge in [-0.15, -0.1) is 0 Å². The number of ketones is 1. The first kappa shape index (κ1) is 35.5. The van der Waals surface area contributed by atoms with Gasteiger partial charge in [-0.05, 0) is 64.3 Å². The average Bonchev–Trinajstić information content (AvgIpc) is 2.99. The highest BCUT2D eigenvalue weighted by molar-refractivity contribution is 5.93. The molecule has 5 rings (SSSR count). The summed E-state index contributed by atoms with van der Waals surface area (Å²) < 4.78 is 17.6. The quantitative estimate of drug-likeness (QED) is 0.144. The van der Waals surface area contributed by atoms with E-state index < -0.39 is 82.4 Å². The van der Waals surface area contributed by atoms with E-state index in [1.807, 2.05) is 26.8 Å². The van der Waals surface area contributed by atoms with Gasteiger partial charge in [0.25, 0.3) is 0 Å². The molecule has 1 saturated heterocycles. The summed E-state index contributed by atoms with van der Waals surface area (Å²) in [5.41, 5.74) is -4.43. The zero-order valence-corrected chi connectivity index (χ0v) is 28.6. The van der Waals surface area contributed by atoms with E-state index in [9.17, 15) is 35.1 Å². The number of Topliss-reactive ketones (excluding diaryl/α,β-unsaturated/α-hetero) is 1. The van der Waals surface area contributed by atoms with Crippen LogP contribution in [0.25, 0.3) is 0 Å². The average molecular weight is 658 g/mol. The Morgan fingerprint density at radius 3 is 2.32 bits per heavy atom. The fraction of sp³-hybridized carbons (Fsp3) is 0.667. The molecular formula is C36H51NO10. The van der Waals surface area contributed by atoms with Gasteiger partial charge in [0.05, 0.1) is 36.4 Å². The van der Waals surface area contributed by atoms with Gasteiger partial charge in [0.1, 0.15) is 23.4 Å². The fourth-order valence-corrected chi connectivity index (χ4v) is 8.44. The maximum Gasteiger partial charge on any atom is 0.338 e. The molecule has 1 aromatic rings. The number of allylic oxidation sites excluding steroid dienone is 1. The Morgan fingerprint density at radius 2 is 1.77 bits per heavy atom. The molecular weight excluding hydrogens is 606 g/mol. The number of aliphatic hydroxyl groups is 5. The molecule has 1 heterocycles. The molecule has 11 nitrogen and oxygen atoms in total. The van der Waals surface area contributed by atoms with Crippen molar-refractivity contribution in [1.29, 1.82) is 0 Å². The molecule has 1 aromatic carbocycles. The lowest BCUT2D eigenvalue weighted by Crippen LogP contribution is -2.74. The minimum atomic E-state index is -2.00. The highest BCUT2D eigenvalue weighted by Crippen LogP contribution is 2.61. The van der Waals surface area contributed by atoms with E-state index in [4.69, 9.17) is 14.2 Å². The van der Waals surface area contributed by atoms with Crippen molar-refractivity contribution < 1.29 is 49.3 Å². The van der Waals surface area contributed by atoms with E-state index in [1.54, 1.807) is 65.0 Å². The number of hydrogen-bond acceptors (Lipinski definition) is 11. The first-order chi connectivity index (χ1) is 21.8. The second-order valence-corrected chi connectivity index (χ2v) is 15.4. The minimum Gasteiger partial charge on any atom is -0.474 e. The fourth-order valence-electron chi connectivity index (χ4n) is 8.44. The van der Waals surface area contributed by atoms with Crippen LogP contribution in [0.5, 0.6) is 0 Å². The van der Waals surface area contributed by atoms with E-state index >= 15 is 0 Å². The van der Waals surface area contributed by atoms with Gasteiger partial charge in [-0.3, -0.25) is 4.79 Å². The van der Waals surface area contributed by atoms with Gasteiger partial charge in [0, 0.05) is 30.1 Å². The smallest absolute Gasteiger partial charge is 0.338 e. The van der Waals surface area contributed by atoms with Crippen molar-refractivity contribution in [1.82, 2.24) is 5.32 Å². The Morgan fingerprint density at radius 1 is 1.13 bits per heavy atom. The molecule has 3 fully saturated rings. The van der Waals surface area contributed by atoms with Crippen LogP contribution in [0.3, 0.4) is 0 Å². The number of esters is 1. The molecule has 0 radical (unpaired) electrons. The predicted octanol–water partition coefficient (Wildman–Crippen LogP) is 2.45. The van der Waals surface area contributed by atoms with Crippen LogP contribution in [0.4, 0.5) is 0 Å². The highest BCUT2D eigenvalue weighted by atomic mass is 16.6. The minimum absolute atomic E-state index is 0.119. The summed E-state index contributed by atoms with van der Waals surface area (Å²) in [5, 5.41) is 62.3. The maximum absolute atomic E-state index is 14.2. The Hall–Kier alpha value is -2.80. The lowest BCUT2D eigenvalue weighted by Gasteiger charge is -2.64. The molecule has 2 saturated carbocycles. The Balaban J connectivity index is 1.52. The van der Waals surface area contributed by atoms with Crippen LogP contribution in [-0.4, -0.2) is 91.7 Å². The number of nitrogens with one attached hydrogen (secondary N) is 1. The van der Waals surface area contributed by atoms with Gasteiger partial charge < -0.3 is 45.1 Å². The van der Waals surface area contributed by atoms with E-state index in [1.165, 1.54) is 0 Å². The van der Waals surface area contributed by atoms with Crippen LogP contribution < -0.4 is 5.32 Å². The maximum atomic E-state index is 14.2. The SMILES string of the molecule is C/C=C(\N[C@@H](c1ccccc1)[C@@H](O)C(=O)O[C@H]1C[C@@]2(O)[C@@H](O)C3[C@@H]4CO[C@@H]4C[C@H](O)[C@@]3(C)C(=O)[C@H](O)C(=C1C)C2(C)C)OC(C)(C)C. The zero-order chi connectivity index (χ0) is 34.9. The largest absolute Gasteiger partial charge is 0.474 e. The number of aliphatic hydroxyl groups excluding tert-OH is 4. The molecule has 0 spiro atoms. The zero-order valence-electron chi connectivity index (χ0n) is 28.6. The van der Waals surface area contributed by atoms with Crippen molar-refractivity contribution in [3.8, 4) is 0 Å². The third kappa shape index (κ3) is 5.72. The molecule has 260 valence electrons. The molecule has 1 unspecified atom stereocenters. The summed E-state index contributed by atoms with van der Waals surface area (Å²) >= 11 is 0. The molecule has 47 heavy (non-hydrogen) atoms. The molecule has 0 aromatic heterocycles. The van der Waals surface area contributed by atoms with Crippen LogP contribution in [0.1, 0.15) is 79.8 Å². The van der Waals surface area contributed by atoms with Gasteiger partial charge in [-0.25, -0.2) is 4.79 Å². The predicted molar refractivity (Wildman–Crippen MR) is 171 cm³/mol. The van der Waals surface area contributed by atoms with Crippen molar-refractivity contribution in [3.63, 3.8) is 0 Å². The van der Waals surface area contributed by atoms with Gasteiger partial charge >= 0.3 is 5.97 Å². The number of benzene rings is 1. The summed E-state index contributed by atoms with van der Waals surface area (Å²) in [7, 11) is 0. The Bertz CT molecular complexity index is 1430. The highest BCUT2D eigenvalue weighted by Gasteiger charge is 2.70. The normalized spacial score (nSPS) is 38.1. The summed E-state index contributed by atoms with van der Waals surface area (Å²) in [6.45, 7) is 14.1. The number of hydrogen-bond donors (Lipinski definition) is 6. The number of ether oxygens (including phenoxy) is 3. The molecule has 11 atom stereocenters. The van der Waals surface area contributed by atoms with E-state index in [-0.39, 0.29) is 30.9 Å². The number of rotatable bonds is 7. The molecule has 3 aliphatic carbocycles. The second kappa shape index (κ2) is 12.3. The number of fused-ring (bicyclic) bond motifs is 5. The molecule has 2 bridgehead atoms. The first-order valence-corrected chi connectivity index (χ1v) is 16.5. The Kier molecular flexibility index (Phi) is 9.27. The van der Waals surface area contributed by atoms with Gasteiger partial charge in [-0.2, -0.15) is 0 Å². The van der Waals surface area contributed by atoms with E-state index in [0.717, 1.165) is 0 Å². The van der Waals surface area contributed by atoms with Crippen molar-refractivity contribution >= 4 is 11.8 Å². The van der Waals surface area contributed by atoms with Crippen LogP contribution >= 0.6 is 0 Å². The molecule has 0 amide bonds. The van der Waals surface area contributed by atoms with E-state index in [2.05, 4.69) is 5.32 Å². The molecule has 6 N–H and O–H groups in total. The molecule has 11 heteroatoms. The summed E-state index contributed by atoms with van der Waals surface area (Å²) in [6.07, 6.45) is -6.27. The lowest BCUT2D eigenvalue weighted by atomic mass is 9.46. The molecule has 4 aliphatic rings. The van der Waals surface area contributed by atoms with Gasteiger partial charge in [0.15, 0.2) is 17.8 Å². The topological polar surface area (TPSA) is 175 Å². The van der Waals surface area contributed by atoms with Crippen LogP contribution in [0.15, 0.2) is 53.4 Å². The van der Waals surface area contributed by atoms with Crippen molar-refractivity contribution in [2.75, 3.05) is 6.61 Å². The standard InChI is InChI=1S/C36H51NO10/c1-9-24(47-33(3,4)5)37-27(19-13-11-10-12-14-19)29(40)32(43)46-22-16-36(44)30(41)26-20-17-45-21(20)15-23(38)35(26,8)31(42)28(39)25(18(22)2)34(36,6)7/h9-14,20-23,26-30,37-41,44H,15-17H2,1-8H3/b24-9+/t20-,21-,22+,23+,26?,27+,28-,29-,30+,35-,36-/m1/s1. The van der Waals surface area contributed by atoms with Crippen LogP contribution in [0, 0.1) is 22.7 Å². The monoisotopic (exact) mass is 657 g/mol. The number of carbonyl (C=O) groups is 2. The van der Waals surface area contributed by atoms with Crippen molar-refractivity contribution in [2.45, 2.75) is 122 Å². The number of carbonyl (C=O) groups excluding carboxylic acids is 2. The van der Waals surface area contributed by atoms with Crippen LogP contribution in [0.2, 0.25) is 0 Å². The lowest BCUT2D eigenvalue weighted by molar-refractivity contribution is -0.277. The summed E-state index contributed by atoms with van der Waals surface area (Å²) in [4.78, 5) is 28.0. The van der Waals surface area contributed by atoms with Gasteiger partial charge in [-0.1, -0.05) is 44.2 Å². The van der Waals surface area contributed by atoms with E-state index in [0.29, 0.717) is 17.0 Å². The van der Waals surface area contributed by atoms with Gasteiger partial charge in [0.2, 0.25) is 0 Å². The molecule has 1 aliphatic heterocycles. The van der Waals surface area contributed by atoms with Crippen LogP contribution in [-0.2, 0) is 23.8 Å².